The summed E-state index contributed by atoms with van der Waals surface area (Å²) in [4.78, 5) is 29.3. The van der Waals surface area contributed by atoms with Gasteiger partial charge in [-0.1, -0.05) is 13.3 Å². The summed E-state index contributed by atoms with van der Waals surface area (Å²) in [7, 11) is 0. The highest BCUT2D eigenvalue weighted by molar-refractivity contribution is 5.80. The first kappa shape index (κ1) is 17.3. The van der Waals surface area contributed by atoms with Crippen molar-refractivity contribution >= 4 is 11.9 Å². The molecule has 5 nitrogen and oxygen atoms in total. The molecule has 0 bridgehead atoms. The first-order valence-electron chi connectivity index (χ1n) is 10.3. The molecule has 4 aliphatic rings. The van der Waals surface area contributed by atoms with Gasteiger partial charge >= 0.3 is 5.97 Å². The second-order valence-electron chi connectivity index (χ2n) is 9.17. The van der Waals surface area contributed by atoms with Gasteiger partial charge < -0.3 is 10.0 Å². The number of carbonyl (C=O) groups is 2. The highest BCUT2D eigenvalue weighted by atomic mass is 16.4. The minimum atomic E-state index is -0.648. The lowest BCUT2D eigenvalue weighted by Gasteiger charge is -2.37. The molecule has 5 heteroatoms. The van der Waals surface area contributed by atoms with E-state index in [1.54, 1.807) is 0 Å². The van der Waals surface area contributed by atoms with Crippen LogP contribution in [0.1, 0.15) is 64.7 Å². The van der Waals surface area contributed by atoms with Gasteiger partial charge in [0.05, 0.1) is 12.0 Å². The Kier molecular flexibility index (Phi) is 4.55. The Morgan fingerprint density at radius 2 is 1.72 bits per heavy atom. The summed E-state index contributed by atoms with van der Waals surface area (Å²) in [5, 5.41) is 9.74. The Balaban J connectivity index is 1.40. The summed E-state index contributed by atoms with van der Waals surface area (Å²) in [5.74, 6) is 0.635. The number of carboxylic acids is 1. The molecule has 25 heavy (non-hydrogen) atoms. The second-order valence-corrected chi connectivity index (χ2v) is 9.17. The Morgan fingerprint density at radius 3 is 2.28 bits per heavy atom. The number of fused-ring (bicyclic) bond motifs is 1. The molecule has 3 aliphatic carbocycles. The zero-order valence-corrected chi connectivity index (χ0v) is 15.5. The highest BCUT2D eigenvalue weighted by Gasteiger charge is 2.55. The number of rotatable bonds is 5. The van der Waals surface area contributed by atoms with Crippen LogP contribution in [0.2, 0.25) is 0 Å². The van der Waals surface area contributed by atoms with E-state index in [2.05, 4.69) is 16.7 Å². The lowest BCUT2D eigenvalue weighted by Crippen LogP contribution is -2.48. The van der Waals surface area contributed by atoms with Crippen LogP contribution in [-0.2, 0) is 9.59 Å². The molecular formula is C20H32N2O3. The molecule has 0 aromatic heterocycles. The summed E-state index contributed by atoms with van der Waals surface area (Å²) in [6.45, 7) is 4.10. The molecule has 0 unspecified atom stereocenters. The van der Waals surface area contributed by atoms with Crippen molar-refractivity contribution in [1.82, 2.24) is 9.80 Å². The van der Waals surface area contributed by atoms with E-state index in [4.69, 9.17) is 0 Å². The average Bonchev–Trinajstić information content (AvgIpc) is 3.20. The van der Waals surface area contributed by atoms with Gasteiger partial charge in [0, 0.05) is 25.2 Å². The summed E-state index contributed by atoms with van der Waals surface area (Å²) in [6, 6.07) is 0.883. The van der Waals surface area contributed by atoms with Crippen molar-refractivity contribution in [3.63, 3.8) is 0 Å². The van der Waals surface area contributed by atoms with Crippen LogP contribution >= 0.6 is 0 Å². The minimum absolute atomic E-state index is 0.239. The fraction of sp³-hybridized carbons (Fsp3) is 0.900. The fourth-order valence-electron chi connectivity index (χ4n) is 5.72. The number of hydrogen-bond donors (Lipinski definition) is 1. The van der Waals surface area contributed by atoms with Gasteiger partial charge in [-0.3, -0.25) is 14.5 Å². The summed E-state index contributed by atoms with van der Waals surface area (Å²) < 4.78 is 0. The lowest BCUT2D eigenvalue weighted by atomic mass is 9.81. The van der Waals surface area contributed by atoms with E-state index in [1.165, 1.54) is 12.8 Å². The third kappa shape index (κ3) is 3.20. The molecule has 0 radical (unpaired) electrons. The van der Waals surface area contributed by atoms with Gasteiger partial charge in [-0.25, -0.2) is 0 Å². The maximum absolute atomic E-state index is 13.1. The van der Waals surface area contributed by atoms with Gasteiger partial charge in [0.1, 0.15) is 0 Å². The van der Waals surface area contributed by atoms with Gasteiger partial charge in [0.2, 0.25) is 5.91 Å². The largest absolute Gasteiger partial charge is 0.481 e. The number of nitrogens with zero attached hydrogens (tertiary/aromatic N) is 2. The van der Waals surface area contributed by atoms with Crippen LogP contribution in [0.25, 0.3) is 0 Å². The van der Waals surface area contributed by atoms with E-state index in [0.29, 0.717) is 25.2 Å². The Hall–Kier alpha value is -1.10. The predicted octanol–water partition coefficient (Wildman–Crippen LogP) is 2.74. The molecule has 2 atom stereocenters. The predicted molar refractivity (Wildman–Crippen MR) is 95.1 cm³/mol. The monoisotopic (exact) mass is 348 g/mol. The molecule has 3 saturated carbocycles. The number of aliphatic carboxylic acids is 1. The van der Waals surface area contributed by atoms with Crippen LogP contribution < -0.4 is 0 Å². The van der Waals surface area contributed by atoms with Gasteiger partial charge in [-0.15, -0.1) is 0 Å². The van der Waals surface area contributed by atoms with Gasteiger partial charge in [-0.05, 0) is 63.2 Å². The molecule has 1 aliphatic heterocycles. The van der Waals surface area contributed by atoms with Crippen LogP contribution in [0, 0.1) is 17.3 Å². The van der Waals surface area contributed by atoms with Crippen molar-refractivity contribution in [2.75, 3.05) is 19.6 Å². The zero-order valence-electron chi connectivity index (χ0n) is 15.5. The van der Waals surface area contributed by atoms with E-state index in [-0.39, 0.29) is 11.8 Å². The Morgan fingerprint density at radius 1 is 1.08 bits per heavy atom. The van der Waals surface area contributed by atoms with Crippen molar-refractivity contribution in [3.05, 3.63) is 0 Å². The normalized spacial score (nSPS) is 38.5. The Bertz CT molecular complexity index is 539. The number of carbonyl (C=O) groups excluding carboxylic acids is 1. The molecule has 0 spiro atoms. The van der Waals surface area contributed by atoms with Crippen LogP contribution in [0.3, 0.4) is 0 Å². The minimum Gasteiger partial charge on any atom is -0.481 e. The maximum Gasteiger partial charge on any atom is 0.311 e. The molecule has 4 fully saturated rings. The SMILES string of the molecule is CC1CCC(N(C(=O)CN2C[C@@H]3CCC[C@@]3(C(=O)O)C2)C2CC2)CC1. The van der Waals surface area contributed by atoms with Crippen molar-refractivity contribution in [1.29, 1.82) is 0 Å². The molecule has 1 heterocycles. The molecule has 1 saturated heterocycles. The van der Waals surface area contributed by atoms with Crippen LogP contribution in [-0.4, -0.2) is 58.5 Å². The smallest absolute Gasteiger partial charge is 0.311 e. The quantitative estimate of drug-likeness (QED) is 0.830. The molecule has 4 rings (SSSR count). The molecule has 0 aromatic rings. The van der Waals surface area contributed by atoms with Gasteiger partial charge in [0.25, 0.3) is 0 Å². The van der Waals surface area contributed by atoms with Crippen molar-refractivity contribution in [2.45, 2.75) is 76.8 Å². The third-order valence-electron chi connectivity index (χ3n) is 7.33. The molecule has 140 valence electrons. The van der Waals surface area contributed by atoms with E-state index >= 15 is 0 Å². The molecular weight excluding hydrogens is 316 g/mol. The third-order valence-corrected chi connectivity index (χ3v) is 7.33. The van der Waals surface area contributed by atoms with E-state index in [0.717, 1.165) is 57.4 Å². The molecule has 1 amide bonds. The molecule has 1 N–H and O–H groups in total. The number of amides is 1. The topological polar surface area (TPSA) is 60.9 Å². The van der Waals surface area contributed by atoms with E-state index in [9.17, 15) is 14.7 Å². The Labute approximate surface area is 150 Å². The number of likely N-dealkylation sites (tertiary alicyclic amines) is 1. The van der Waals surface area contributed by atoms with Crippen molar-refractivity contribution < 1.29 is 14.7 Å². The average molecular weight is 348 g/mol. The van der Waals surface area contributed by atoms with Crippen molar-refractivity contribution in [2.24, 2.45) is 17.3 Å². The lowest BCUT2D eigenvalue weighted by molar-refractivity contribution is -0.149. The second kappa shape index (κ2) is 6.57. The van der Waals surface area contributed by atoms with Gasteiger partial charge in [0.15, 0.2) is 0 Å². The summed E-state index contributed by atoms with van der Waals surface area (Å²) >= 11 is 0. The number of hydrogen-bond acceptors (Lipinski definition) is 3. The fourth-order valence-corrected chi connectivity index (χ4v) is 5.72. The summed E-state index contributed by atoms with van der Waals surface area (Å²) in [6.07, 6.45) is 9.86. The molecule has 0 aromatic carbocycles. The first-order chi connectivity index (χ1) is 12.0. The van der Waals surface area contributed by atoms with Crippen LogP contribution in [0.15, 0.2) is 0 Å². The van der Waals surface area contributed by atoms with Gasteiger partial charge in [-0.2, -0.15) is 0 Å². The first-order valence-corrected chi connectivity index (χ1v) is 10.3. The highest BCUT2D eigenvalue weighted by Crippen LogP contribution is 2.49. The zero-order chi connectivity index (χ0) is 17.6. The van der Waals surface area contributed by atoms with Crippen molar-refractivity contribution in [3.8, 4) is 0 Å². The maximum atomic E-state index is 13.1. The standard InChI is InChI=1S/C20H32N2O3/c1-14-4-6-16(7-5-14)22(17-8-9-17)18(23)12-21-11-15-3-2-10-20(15,13-21)19(24)25/h14-17H,2-13H2,1H3,(H,24,25)/t14?,15-,16?,20+/m0/s1. The summed E-state index contributed by atoms with van der Waals surface area (Å²) in [5.41, 5.74) is -0.578. The van der Waals surface area contributed by atoms with Crippen LogP contribution in [0.4, 0.5) is 0 Å². The van der Waals surface area contributed by atoms with E-state index in [1.807, 2.05) is 0 Å². The van der Waals surface area contributed by atoms with E-state index < -0.39 is 11.4 Å². The number of carboxylic acid groups (broad SMARTS) is 1. The van der Waals surface area contributed by atoms with Crippen LogP contribution in [0.5, 0.6) is 0 Å².